The molecule has 4 nitrogen and oxygen atoms in total. The van der Waals surface area contributed by atoms with E-state index < -0.39 is 10.0 Å². The van der Waals surface area contributed by atoms with Crippen LogP contribution in [0.3, 0.4) is 0 Å². The lowest BCUT2D eigenvalue weighted by molar-refractivity contribution is 0.580. The van der Waals surface area contributed by atoms with Gasteiger partial charge >= 0.3 is 0 Å². The summed E-state index contributed by atoms with van der Waals surface area (Å²) in [5.41, 5.74) is 10.7. The lowest BCUT2D eigenvalue weighted by atomic mass is 10.1. The van der Waals surface area contributed by atoms with Gasteiger partial charge in [0.05, 0.1) is 4.90 Å². The third-order valence-electron chi connectivity index (χ3n) is 3.76. The number of benzene rings is 1. The maximum atomic E-state index is 12.6. The SMILES string of the molecule is Cc1cscc1CNS(=O)(=O)c1c(C)c(C)cc(N)c1C. The van der Waals surface area contributed by atoms with Crippen molar-refractivity contribution in [3.05, 3.63) is 44.6 Å². The summed E-state index contributed by atoms with van der Waals surface area (Å²) in [5.74, 6) is 0. The van der Waals surface area contributed by atoms with Crippen LogP contribution in [0.2, 0.25) is 0 Å². The Morgan fingerprint density at radius 3 is 2.33 bits per heavy atom. The molecule has 0 radical (unpaired) electrons. The lowest BCUT2D eigenvalue weighted by Gasteiger charge is -2.16. The van der Waals surface area contributed by atoms with Crippen LogP contribution in [0.1, 0.15) is 27.8 Å². The molecule has 1 aromatic carbocycles. The molecule has 0 atom stereocenters. The van der Waals surface area contributed by atoms with Gasteiger partial charge in [-0.3, -0.25) is 0 Å². The summed E-state index contributed by atoms with van der Waals surface area (Å²) < 4.78 is 27.9. The number of anilines is 1. The molecule has 1 aromatic heterocycles. The number of hydrogen-bond donors (Lipinski definition) is 2. The second-order valence-corrected chi connectivity index (χ2v) is 7.71. The first kappa shape index (κ1) is 16.0. The van der Waals surface area contributed by atoms with E-state index in [0.717, 1.165) is 22.3 Å². The highest BCUT2D eigenvalue weighted by molar-refractivity contribution is 7.89. The van der Waals surface area contributed by atoms with Crippen LogP contribution in [-0.2, 0) is 16.6 Å². The summed E-state index contributed by atoms with van der Waals surface area (Å²) >= 11 is 1.57. The number of nitrogen functional groups attached to an aromatic ring is 1. The van der Waals surface area contributed by atoms with Crippen LogP contribution in [0.15, 0.2) is 21.7 Å². The number of aryl methyl sites for hydroxylation is 2. The van der Waals surface area contributed by atoms with E-state index in [4.69, 9.17) is 5.73 Å². The van der Waals surface area contributed by atoms with Crippen molar-refractivity contribution >= 4 is 27.0 Å². The molecule has 0 aliphatic rings. The van der Waals surface area contributed by atoms with Gasteiger partial charge < -0.3 is 5.73 Å². The number of sulfonamides is 1. The molecule has 0 unspecified atom stereocenters. The zero-order valence-electron chi connectivity index (χ0n) is 12.6. The molecule has 1 heterocycles. The fourth-order valence-corrected chi connectivity index (χ4v) is 4.69. The molecule has 0 aliphatic heterocycles. The number of thiophene rings is 1. The van der Waals surface area contributed by atoms with Crippen LogP contribution in [0.5, 0.6) is 0 Å². The van der Waals surface area contributed by atoms with E-state index in [1.165, 1.54) is 0 Å². The summed E-state index contributed by atoms with van der Waals surface area (Å²) in [5, 5.41) is 3.97. The first-order valence-electron chi connectivity index (χ1n) is 6.61. The molecule has 0 spiro atoms. The quantitative estimate of drug-likeness (QED) is 0.849. The Kier molecular flexibility index (Phi) is 4.41. The minimum Gasteiger partial charge on any atom is -0.398 e. The highest BCUT2D eigenvalue weighted by Crippen LogP contribution is 2.28. The molecule has 3 N–H and O–H groups in total. The Morgan fingerprint density at radius 1 is 1.10 bits per heavy atom. The maximum Gasteiger partial charge on any atom is 0.241 e. The van der Waals surface area contributed by atoms with Crippen LogP contribution < -0.4 is 10.5 Å². The summed E-state index contributed by atoms with van der Waals surface area (Å²) in [6, 6.07) is 1.81. The predicted molar refractivity (Wildman–Crippen MR) is 88.1 cm³/mol. The van der Waals surface area contributed by atoms with Gasteiger partial charge in [-0.05, 0) is 72.3 Å². The van der Waals surface area contributed by atoms with Gasteiger partial charge in [-0.1, -0.05) is 0 Å². The van der Waals surface area contributed by atoms with Crippen molar-refractivity contribution in [1.29, 1.82) is 0 Å². The van der Waals surface area contributed by atoms with E-state index in [2.05, 4.69) is 4.72 Å². The van der Waals surface area contributed by atoms with Crippen molar-refractivity contribution in [2.75, 3.05) is 5.73 Å². The second kappa shape index (κ2) is 5.79. The number of nitrogens with one attached hydrogen (secondary N) is 1. The standard InChI is InChI=1S/C15H20N2O2S2/c1-9-5-14(16)12(4)15(11(9)3)21(18,19)17-6-13-8-20-7-10(13)2/h5,7-8,17H,6,16H2,1-4H3. The normalized spacial score (nSPS) is 11.8. The van der Waals surface area contributed by atoms with Crippen molar-refractivity contribution in [2.45, 2.75) is 39.1 Å². The summed E-state index contributed by atoms with van der Waals surface area (Å²) in [6.07, 6.45) is 0. The van der Waals surface area contributed by atoms with E-state index in [0.29, 0.717) is 22.7 Å². The van der Waals surface area contributed by atoms with Crippen molar-refractivity contribution in [3.8, 4) is 0 Å². The Morgan fingerprint density at radius 2 is 1.76 bits per heavy atom. The molecule has 6 heteroatoms. The van der Waals surface area contributed by atoms with Crippen molar-refractivity contribution in [2.24, 2.45) is 0 Å². The molecule has 114 valence electrons. The molecular formula is C15H20N2O2S2. The van der Waals surface area contributed by atoms with E-state index in [9.17, 15) is 8.42 Å². The van der Waals surface area contributed by atoms with Gasteiger partial charge in [0.2, 0.25) is 10.0 Å². The smallest absolute Gasteiger partial charge is 0.241 e. The zero-order chi connectivity index (χ0) is 15.8. The fraction of sp³-hybridized carbons (Fsp3) is 0.333. The average Bonchev–Trinajstić information content (AvgIpc) is 2.80. The molecule has 0 bridgehead atoms. The first-order chi connectivity index (χ1) is 9.74. The third kappa shape index (κ3) is 3.12. The molecule has 0 aliphatic carbocycles. The van der Waals surface area contributed by atoms with E-state index in [-0.39, 0.29) is 0 Å². The van der Waals surface area contributed by atoms with Gasteiger partial charge in [-0.2, -0.15) is 11.3 Å². The Balaban J connectivity index is 2.39. The topological polar surface area (TPSA) is 72.2 Å². The van der Waals surface area contributed by atoms with E-state index >= 15 is 0 Å². The van der Waals surface area contributed by atoms with Crippen molar-refractivity contribution < 1.29 is 8.42 Å². The molecule has 21 heavy (non-hydrogen) atoms. The van der Waals surface area contributed by atoms with Crippen molar-refractivity contribution in [1.82, 2.24) is 4.72 Å². The monoisotopic (exact) mass is 324 g/mol. The van der Waals surface area contributed by atoms with Crippen LogP contribution in [0, 0.1) is 27.7 Å². The van der Waals surface area contributed by atoms with Gasteiger partial charge in [0, 0.05) is 12.2 Å². The van der Waals surface area contributed by atoms with Crippen LogP contribution >= 0.6 is 11.3 Å². The zero-order valence-corrected chi connectivity index (χ0v) is 14.3. The average molecular weight is 324 g/mol. The Labute approximate surface area is 130 Å². The predicted octanol–water partition coefficient (Wildman–Crippen LogP) is 3.04. The first-order valence-corrected chi connectivity index (χ1v) is 9.04. The summed E-state index contributed by atoms with van der Waals surface area (Å²) in [4.78, 5) is 0.299. The summed E-state index contributed by atoms with van der Waals surface area (Å²) in [6.45, 7) is 7.69. The van der Waals surface area contributed by atoms with Gasteiger partial charge in [0.15, 0.2) is 0 Å². The lowest BCUT2D eigenvalue weighted by Crippen LogP contribution is -2.25. The van der Waals surface area contributed by atoms with Crippen molar-refractivity contribution in [3.63, 3.8) is 0 Å². The molecule has 0 amide bonds. The van der Waals surface area contributed by atoms with Crippen LogP contribution in [0.25, 0.3) is 0 Å². The Hall–Kier alpha value is -1.37. The molecular weight excluding hydrogens is 304 g/mol. The number of nitrogens with two attached hydrogens (primary N) is 1. The summed E-state index contributed by atoms with van der Waals surface area (Å²) in [7, 11) is -3.58. The largest absolute Gasteiger partial charge is 0.398 e. The molecule has 2 aromatic rings. The van der Waals surface area contributed by atoms with Crippen LogP contribution in [-0.4, -0.2) is 8.42 Å². The highest BCUT2D eigenvalue weighted by atomic mass is 32.2. The van der Waals surface area contributed by atoms with E-state index in [1.807, 2.05) is 37.6 Å². The van der Waals surface area contributed by atoms with Gasteiger partial charge in [-0.25, -0.2) is 13.1 Å². The number of rotatable bonds is 4. The van der Waals surface area contributed by atoms with Crippen LogP contribution in [0.4, 0.5) is 5.69 Å². The molecule has 2 rings (SSSR count). The molecule has 0 fully saturated rings. The highest BCUT2D eigenvalue weighted by Gasteiger charge is 2.22. The van der Waals surface area contributed by atoms with Gasteiger partial charge in [0.1, 0.15) is 0 Å². The second-order valence-electron chi connectivity index (χ2n) is 5.27. The Bertz CT molecular complexity index is 751. The fourth-order valence-electron chi connectivity index (χ4n) is 2.26. The van der Waals surface area contributed by atoms with Gasteiger partial charge in [0.25, 0.3) is 0 Å². The molecule has 0 saturated carbocycles. The minimum absolute atomic E-state index is 0.296. The number of hydrogen-bond acceptors (Lipinski definition) is 4. The van der Waals surface area contributed by atoms with Gasteiger partial charge in [-0.15, -0.1) is 0 Å². The third-order valence-corrected chi connectivity index (χ3v) is 6.35. The molecule has 0 saturated heterocycles. The minimum atomic E-state index is -3.58. The maximum absolute atomic E-state index is 12.6. The van der Waals surface area contributed by atoms with E-state index in [1.54, 1.807) is 18.3 Å².